The largest absolute Gasteiger partial charge is 0.320 e. The zero-order valence-electron chi connectivity index (χ0n) is 8.68. The molecule has 0 bridgehead atoms. The number of hydrogen-bond acceptors (Lipinski definition) is 3. The van der Waals surface area contributed by atoms with Crippen molar-refractivity contribution in [2.45, 2.75) is 19.9 Å². The van der Waals surface area contributed by atoms with Gasteiger partial charge in [0.1, 0.15) is 0 Å². The fourth-order valence-electron chi connectivity index (χ4n) is 1.42. The maximum atomic E-state index is 11.3. The van der Waals surface area contributed by atoms with Crippen molar-refractivity contribution in [2.24, 2.45) is 0 Å². The molecule has 2 aromatic heterocycles. The Bertz CT molecular complexity index is 459. The molecule has 0 amide bonds. The van der Waals surface area contributed by atoms with Gasteiger partial charge in [0.05, 0.1) is 10.9 Å². The Morgan fingerprint density at radius 2 is 2.40 bits per heavy atom. The first-order valence-electron chi connectivity index (χ1n) is 4.77. The van der Waals surface area contributed by atoms with Crippen molar-refractivity contribution < 1.29 is 4.79 Å². The van der Waals surface area contributed by atoms with Crippen LogP contribution in [0.2, 0.25) is 0 Å². The van der Waals surface area contributed by atoms with Crippen molar-refractivity contribution >= 4 is 17.1 Å². The molecule has 0 aliphatic heterocycles. The van der Waals surface area contributed by atoms with Crippen molar-refractivity contribution in [1.82, 2.24) is 9.55 Å². The van der Waals surface area contributed by atoms with Crippen LogP contribution in [0.3, 0.4) is 0 Å². The predicted octanol–water partition coefficient (Wildman–Crippen LogP) is 2.76. The molecule has 2 rings (SSSR count). The van der Waals surface area contributed by atoms with E-state index < -0.39 is 0 Å². The molecule has 78 valence electrons. The van der Waals surface area contributed by atoms with Gasteiger partial charge < -0.3 is 4.57 Å². The van der Waals surface area contributed by atoms with Crippen LogP contribution in [0.5, 0.6) is 0 Å². The number of ketones is 1. The highest BCUT2D eigenvalue weighted by molar-refractivity contribution is 7.13. The van der Waals surface area contributed by atoms with Gasteiger partial charge in [-0.1, -0.05) is 6.07 Å². The molecule has 3 nitrogen and oxygen atoms in total. The maximum absolute atomic E-state index is 11.3. The van der Waals surface area contributed by atoms with E-state index in [1.165, 1.54) is 0 Å². The van der Waals surface area contributed by atoms with E-state index in [1.807, 2.05) is 35.2 Å². The minimum absolute atomic E-state index is 0.144. The smallest absolute Gasteiger partial charge is 0.152 e. The van der Waals surface area contributed by atoms with Gasteiger partial charge in [-0.25, -0.2) is 4.98 Å². The number of rotatable bonds is 3. The highest BCUT2D eigenvalue weighted by Gasteiger charge is 2.15. The van der Waals surface area contributed by atoms with Gasteiger partial charge in [-0.3, -0.25) is 4.79 Å². The van der Waals surface area contributed by atoms with E-state index in [0.717, 1.165) is 10.7 Å². The normalized spacial score (nSPS) is 12.7. The Kier molecular flexibility index (Phi) is 2.68. The van der Waals surface area contributed by atoms with Crippen molar-refractivity contribution in [3.05, 3.63) is 29.9 Å². The third-order valence-electron chi connectivity index (χ3n) is 2.42. The summed E-state index contributed by atoms with van der Waals surface area (Å²) in [6, 6.07) is 3.85. The molecule has 0 aliphatic carbocycles. The van der Waals surface area contributed by atoms with E-state index in [9.17, 15) is 4.79 Å². The summed E-state index contributed by atoms with van der Waals surface area (Å²) in [6.07, 6.45) is 3.58. The van der Waals surface area contributed by atoms with E-state index in [2.05, 4.69) is 4.98 Å². The van der Waals surface area contributed by atoms with Crippen LogP contribution in [0.1, 0.15) is 19.9 Å². The van der Waals surface area contributed by atoms with Crippen molar-refractivity contribution in [3.8, 4) is 10.7 Å². The third-order valence-corrected chi connectivity index (χ3v) is 3.28. The highest BCUT2D eigenvalue weighted by atomic mass is 32.1. The second-order valence-corrected chi connectivity index (χ2v) is 4.37. The molecule has 2 aromatic rings. The summed E-state index contributed by atoms with van der Waals surface area (Å²) in [5.74, 6) is 1.01. The van der Waals surface area contributed by atoms with Crippen LogP contribution < -0.4 is 0 Å². The minimum atomic E-state index is -0.149. The molecule has 2 heterocycles. The van der Waals surface area contributed by atoms with Gasteiger partial charge in [0.25, 0.3) is 0 Å². The third kappa shape index (κ3) is 1.85. The predicted molar refractivity (Wildman–Crippen MR) is 60.9 cm³/mol. The van der Waals surface area contributed by atoms with Crippen LogP contribution in [0.15, 0.2) is 29.9 Å². The number of carbonyl (C=O) groups is 1. The van der Waals surface area contributed by atoms with E-state index in [0.29, 0.717) is 0 Å². The Labute approximate surface area is 92.4 Å². The van der Waals surface area contributed by atoms with Crippen LogP contribution in [-0.4, -0.2) is 15.3 Å². The lowest BCUT2D eigenvalue weighted by molar-refractivity contribution is -0.119. The molecule has 0 spiro atoms. The van der Waals surface area contributed by atoms with Crippen molar-refractivity contribution in [3.63, 3.8) is 0 Å². The first kappa shape index (κ1) is 10.1. The number of aromatic nitrogens is 2. The summed E-state index contributed by atoms with van der Waals surface area (Å²) < 4.78 is 1.91. The lowest BCUT2D eigenvalue weighted by atomic mass is 10.2. The van der Waals surface area contributed by atoms with Crippen LogP contribution in [-0.2, 0) is 4.79 Å². The van der Waals surface area contributed by atoms with Crippen molar-refractivity contribution in [1.29, 1.82) is 0 Å². The Morgan fingerprint density at radius 1 is 1.60 bits per heavy atom. The number of nitrogens with zero attached hydrogens (tertiary/aromatic N) is 2. The second-order valence-electron chi connectivity index (χ2n) is 3.42. The number of thiophene rings is 1. The van der Waals surface area contributed by atoms with Gasteiger partial charge in [-0.2, -0.15) is 0 Å². The zero-order valence-corrected chi connectivity index (χ0v) is 9.49. The molecule has 0 saturated heterocycles. The number of hydrogen-bond donors (Lipinski definition) is 0. The van der Waals surface area contributed by atoms with Gasteiger partial charge in [0, 0.05) is 12.4 Å². The highest BCUT2D eigenvalue weighted by Crippen LogP contribution is 2.25. The van der Waals surface area contributed by atoms with Gasteiger partial charge in [0.2, 0.25) is 0 Å². The summed E-state index contributed by atoms with van der Waals surface area (Å²) in [5.41, 5.74) is 0. The summed E-state index contributed by atoms with van der Waals surface area (Å²) in [4.78, 5) is 16.7. The number of carbonyl (C=O) groups excluding carboxylic acids is 1. The van der Waals surface area contributed by atoms with Gasteiger partial charge >= 0.3 is 0 Å². The van der Waals surface area contributed by atoms with Crippen LogP contribution in [0.25, 0.3) is 10.7 Å². The van der Waals surface area contributed by atoms with Crippen LogP contribution in [0.4, 0.5) is 0 Å². The zero-order chi connectivity index (χ0) is 10.8. The fraction of sp³-hybridized carbons (Fsp3) is 0.273. The second kappa shape index (κ2) is 3.98. The van der Waals surface area contributed by atoms with Crippen LogP contribution >= 0.6 is 11.3 Å². The molecule has 0 aliphatic rings. The summed E-state index contributed by atoms with van der Waals surface area (Å²) in [5, 5.41) is 2.01. The Morgan fingerprint density at radius 3 is 3.00 bits per heavy atom. The van der Waals surface area contributed by atoms with E-state index in [1.54, 1.807) is 24.5 Å². The first-order valence-corrected chi connectivity index (χ1v) is 5.65. The van der Waals surface area contributed by atoms with Crippen molar-refractivity contribution in [2.75, 3.05) is 0 Å². The van der Waals surface area contributed by atoms with E-state index in [4.69, 9.17) is 0 Å². The molecule has 0 saturated carbocycles. The molecule has 15 heavy (non-hydrogen) atoms. The molecule has 0 fully saturated rings. The molecule has 0 radical (unpaired) electrons. The minimum Gasteiger partial charge on any atom is -0.320 e. The lowest BCUT2D eigenvalue weighted by Gasteiger charge is -2.12. The monoisotopic (exact) mass is 220 g/mol. The molecule has 0 aromatic carbocycles. The Hall–Kier alpha value is -1.42. The average molecular weight is 220 g/mol. The SMILES string of the molecule is CC(=O)C(C)n1ccnc1-c1cccs1. The average Bonchev–Trinajstić information content (AvgIpc) is 2.86. The first-order chi connectivity index (χ1) is 7.20. The summed E-state index contributed by atoms with van der Waals surface area (Å²) >= 11 is 1.63. The number of Topliss-reactive ketones (excluding diaryl/α,β-unsaturated/α-hetero) is 1. The van der Waals surface area contributed by atoms with E-state index >= 15 is 0 Å². The summed E-state index contributed by atoms with van der Waals surface area (Å²) in [7, 11) is 0. The summed E-state index contributed by atoms with van der Waals surface area (Å²) in [6.45, 7) is 3.49. The molecule has 1 unspecified atom stereocenters. The molecule has 0 N–H and O–H groups in total. The topological polar surface area (TPSA) is 34.9 Å². The fourth-order valence-corrected chi connectivity index (χ4v) is 2.14. The molecular formula is C11H12N2OS. The lowest BCUT2D eigenvalue weighted by Crippen LogP contribution is -2.13. The standard InChI is InChI=1S/C11H12N2OS/c1-8(9(2)14)13-6-5-12-11(13)10-4-3-7-15-10/h3-8H,1-2H3. The number of imidazole rings is 1. The maximum Gasteiger partial charge on any atom is 0.152 e. The Balaban J connectivity index is 2.43. The van der Waals surface area contributed by atoms with Crippen LogP contribution in [0, 0.1) is 0 Å². The van der Waals surface area contributed by atoms with E-state index in [-0.39, 0.29) is 11.8 Å². The van der Waals surface area contributed by atoms with Gasteiger partial charge in [-0.05, 0) is 25.3 Å². The molecular weight excluding hydrogens is 208 g/mol. The molecule has 4 heteroatoms. The quantitative estimate of drug-likeness (QED) is 0.797. The molecule has 1 atom stereocenters. The van der Waals surface area contributed by atoms with Gasteiger partial charge in [-0.15, -0.1) is 11.3 Å². The van der Waals surface area contributed by atoms with Gasteiger partial charge in [0.15, 0.2) is 11.6 Å².